The van der Waals surface area contributed by atoms with E-state index in [1.807, 2.05) is 26.0 Å². The molecule has 0 saturated carbocycles. The van der Waals surface area contributed by atoms with Crippen LogP contribution in [0.3, 0.4) is 0 Å². The van der Waals surface area contributed by atoms with Crippen molar-refractivity contribution in [2.24, 2.45) is 10.4 Å². The second-order valence-electron chi connectivity index (χ2n) is 6.90. The number of aliphatic imine (C=N–C) groups is 1. The zero-order valence-electron chi connectivity index (χ0n) is 17.0. The lowest BCUT2D eigenvalue weighted by atomic mass is 9.79. The average molecular weight is 365 g/mol. The molecular formula is C20H36N4O2. The predicted octanol–water partition coefficient (Wildman–Crippen LogP) is 3.11. The summed E-state index contributed by atoms with van der Waals surface area (Å²) in [6.45, 7) is 12.7. The van der Waals surface area contributed by atoms with Gasteiger partial charge < -0.3 is 20.5 Å². The van der Waals surface area contributed by atoms with Gasteiger partial charge in [0.25, 0.3) is 0 Å². The first kappa shape index (κ1) is 22.2. The van der Waals surface area contributed by atoms with Crippen LogP contribution in [0.4, 0.5) is 0 Å². The fraction of sp³-hybridized carbons (Fsp3) is 0.700. The summed E-state index contributed by atoms with van der Waals surface area (Å²) >= 11 is 0. The molecule has 148 valence electrons. The third-order valence-corrected chi connectivity index (χ3v) is 4.69. The number of guanidine groups is 1. The van der Waals surface area contributed by atoms with Crippen LogP contribution >= 0.6 is 0 Å². The van der Waals surface area contributed by atoms with Gasteiger partial charge in [0.15, 0.2) is 5.96 Å². The number of pyridine rings is 1. The van der Waals surface area contributed by atoms with Crippen LogP contribution in [-0.4, -0.2) is 41.9 Å². The molecular weight excluding hydrogens is 328 g/mol. The topological polar surface area (TPSA) is 78.8 Å². The number of hydrogen-bond donors (Lipinski definition) is 3. The van der Waals surface area contributed by atoms with Gasteiger partial charge in [0.05, 0.1) is 12.6 Å². The SMILES string of the molecule is CCNC(=NCc1ccc(OC(C)C)nc1)NCC(CC)(CC)CCO. The molecule has 0 aliphatic rings. The number of aromatic nitrogens is 1. The molecule has 0 bridgehead atoms. The summed E-state index contributed by atoms with van der Waals surface area (Å²) in [5, 5.41) is 16.1. The summed E-state index contributed by atoms with van der Waals surface area (Å²) in [5.74, 6) is 1.43. The fourth-order valence-electron chi connectivity index (χ4n) is 2.78. The largest absolute Gasteiger partial charge is 0.475 e. The summed E-state index contributed by atoms with van der Waals surface area (Å²) in [5.41, 5.74) is 1.13. The van der Waals surface area contributed by atoms with E-state index in [2.05, 4.69) is 41.4 Å². The second kappa shape index (κ2) is 11.7. The van der Waals surface area contributed by atoms with Crippen molar-refractivity contribution in [1.82, 2.24) is 15.6 Å². The molecule has 1 aromatic heterocycles. The lowest BCUT2D eigenvalue weighted by molar-refractivity contribution is 0.169. The third-order valence-electron chi connectivity index (χ3n) is 4.69. The van der Waals surface area contributed by atoms with E-state index in [1.165, 1.54) is 0 Å². The zero-order valence-corrected chi connectivity index (χ0v) is 17.0. The summed E-state index contributed by atoms with van der Waals surface area (Å²) in [7, 11) is 0. The molecule has 0 unspecified atom stereocenters. The lowest BCUT2D eigenvalue weighted by Gasteiger charge is -2.32. The number of nitrogens with one attached hydrogen (secondary N) is 2. The summed E-state index contributed by atoms with van der Waals surface area (Å²) in [4.78, 5) is 8.98. The maximum atomic E-state index is 9.37. The predicted molar refractivity (Wildman–Crippen MR) is 108 cm³/mol. The van der Waals surface area contributed by atoms with E-state index < -0.39 is 0 Å². The van der Waals surface area contributed by atoms with Crippen molar-refractivity contribution in [2.45, 2.75) is 66.5 Å². The Morgan fingerprint density at radius 3 is 2.46 bits per heavy atom. The minimum Gasteiger partial charge on any atom is -0.475 e. The van der Waals surface area contributed by atoms with Gasteiger partial charge in [-0.05, 0) is 51.0 Å². The Morgan fingerprint density at radius 1 is 1.23 bits per heavy atom. The number of ether oxygens (including phenoxy) is 1. The molecule has 0 aliphatic heterocycles. The standard InChI is InChI=1S/C20H36N4O2/c1-6-20(7-2,11-12-25)15-24-19(21-8-3)23-14-17-9-10-18(22-13-17)26-16(4)5/h9-10,13,16,25H,6-8,11-12,14-15H2,1-5H3,(H2,21,23,24). The maximum Gasteiger partial charge on any atom is 0.213 e. The first-order valence-electron chi connectivity index (χ1n) is 9.73. The van der Waals surface area contributed by atoms with E-state index >= 15 is 0 Å². The average Bonchev–Trinajstić information content (AvgIpc) is 2.63. The smallest absolute Gasteiger partial charge is 0.213 e. The Balaban J connectivity index is 2.70. The minimum absolute atomic E-state index is 0.0995. The molecule has 1 rings (SSSR count). The molecule has 26 heavy (non-hydrogen) atoms. The molecule has 0 amide bonds. The quantitative estimate of drug-likeness (QED) is 0.415. The van der Waals surface area contributed by atoms with E-state index in [0.29, 0.717) is 12.4 Å². The Hall–Kier alpha value is -1.82. The molecule has 6 heteroatoms. The van der Waals surface area contributed by atoms with Crippen LogP contribution in [0.1, 0.15) is 59.4 Å². The molecule has 6 nitrogen and oxygen atoms in total. The van der Waals surface area contributed by atoms with Gasteiger partial charge >= 0.3 is 0 Å². The van der Waals surface area contributed by atoms with Crippen molar-refractivity contribution in [3.63, 3.8) is 0 Å². The molecule has 1 heterocycles. The number of nitrogens with zero attached hydrogens (tertiary/aromatic N) is 2. The normalized spacial score (nSPS) is 12.3. The number of aliphatic hydroxyl groups excluding tert-OH is 1. The van der Waals surface area contributed by atoms with Gasteiger partial charge in [-0.15, -0.1) is 0 Å². The van der Waals surface area contributed by atoms with Gasteiger partial charge in [0.2, 0.25) is 5.88 Å². The molecule has 0 atom stereocenters. The number of rotatable bonds is 11. The minimum atomic E-state index is 0.0995. The van der Waals surface area contributed by atoms with Crippen LogP contribution in [-0.2, 0) is 6.54 Å². The highest BCUT2D eigenvalue weighted by atomic mass is 16.5. The van der Waals surface area contributed by atoms with Gasteiger partial charge in [-0.3, -0.25) is 0 Å². The molecule has 0 aliphatic carbocycles. The Labute approximate surface area is 158 Å². The molecule has 3 N–H and O–H groups in total. The Bertz CT molecular complexity index is 525. The first-order valence-corrected chi connectivity index (χ1v) is 9.73. The Morgan fingerprint density at radius 2 is 1.96 bits per heavy atom. The third kappa shape index (κ3) is 7.60. The molecule has 0 spiro atoms. The number of hydrogen-bond acceptors (Lipinski definition) is 4. The van der Waals surface area contributed by atoms with E-state index in [9.17, 15) is 5.11 Å². The molecule has 0 aromatic carbocycles. The van der Waals surface area contributed by atoms with Crippen molar-refractivity contribution >= 4 is 5.96 Å². The summed E-state index contributed by atoms with van der Waals surface area (Å²) in [6, 6.07) is 3.87. The van der Waals surface area contributed by atoms with Gasteiger partial charge in [0.1, 0.15) is 0 Å². The van der Waals surface area contributed by atoms with E-state index in [0.717, 1.165) is 43.9 Å². The van der Waals surface area contributed by atoms with Crippen LogP contribution in [0.5, 0.6) is 5.88 Å². The van der Waals surface area contributed by atoms with Gasteiger partial charge in [0, 0.05) is 32.0 Å². The first-order chi connectivity index (χ1) is 12.5. The molecule has 1 aromatic rings. The summed E-state index contributed by atoms with van der Waals surface area (Å²) < 4.78 is 5.56. The van der Waals surface area contributed by atoms with Crippen molar-refractivity contribution in [3.05, 3.63) is 23.9 Å². The maximum absolute atomic E-state index is 9.37. The van der Waals surface area contributed by atoms with Gasteiger partial charge in [-0.2, -0.15) is 0 Å². The van der Waals surface area contributed by atoms with Crippen molar-refractivity contribution in [1.29, 1.82) is 0 Å². The van der Waals surface area contributed by atoms with Crippen molar-refractivity contribution in [2.75, 3.05) is 19.7 Å². The van der Waals surface area contributed by atoms with Crippen molar-refractivity contribution < 1.29 is 9.84 Å². The fourth-order valence-corrected chi connectivity index (χ4v) is 2.78. The zero-order chi connectivity index (χ0) is 19.4. The van der Waals surface area contributed by atoms with E-state index in [4.69, 9.17) is 4.74 Å². The second-order valence-corrected chi connectivity index (χ2v) is 6.90. The molecule has 0 radical (unpaired) electrons. The highest BCUT2D eigenvalue weighted by Crippen LogP contribution is 2.29. The van der Waals surface area contributed by atoms with Crippen molar-refractivity contribution in [3.8, 4) is 5.88 Å². The number of aliphatic hydroxyl groups is 1. The highest BCUT2D eigenvalue weighted by Gasteiger charge is 2.25. The van der Waals surface area contributed by atoms with Crippen LogP contribution in [0, 0.1) is 5.41 Å². The van der Waals surface area contributed by atoms with Gasteiger partial charge in [-0.1, -0.05) is 19.9 Å². The monoisotopic (exact) mass is 364 g/mol. The summed E-state index contributed by atoms with van der Waals surface area (Å²) in [6.07, 6.45) is 4.77. The molecule has 0 saturated heterocycles. The Kier molecular flexibility index (Phi) is 10.0. The van der Waals surface area contributed by atoms with E-state index in [1.54, 1.807) is 6.20 Å². The highest BCUT2D eigenvalue weighted by molar-refractivity contribution is 5.79. The van der Waals surface area contributed by atoms with Crippen LogP contribution in [0.2, 0.25) is 0 Å². The van der Waals surface area contributed by atoms with E-state index in [-0.39, 0.29) is 18.1 Å². The van der Waals surface area contributed by atoms with Crippen LogP contribution in [0.15, 0.2) is 23.3 Å². The molecule has 0 fully saturated rings. The van der Waals surface area contributed by atoms with Crippen LogP contribution in [0.25, 0.3) is 0 Å². The van der Waals surface area contributed by atoms with Gasteiger partial charge in [-0.25, -0.2) is 9.98 Å². The van der Waals surface area contributed by atoms with Crippen LogP contribution < -0.4 is 15.4 Å². The lowest BCUT2D eigenvalue weighted by Crippen LogP contribution is -2.43.